The maximum absolute atomic E-state index is 13.5. The first-order valence-corrected chi connectivity index (χ1v) is 11.6. The van der Waals surface area contributed by atoms with Gasteiger partial charge < -0.3 is 25.4 Å². The molecule has 0 heterocycles. The number of carbonyl (C=O) groups is 3. The monoisotopic (exact) mass is 481 g/mol. The summed E-state index contributed by atoms with van der Waals surface area (Å²) >= 11 is 4.23. The molecule has 1 aromatic carbocycles. The van der Waals surface area contributed by atoms with Crippen molar-refractivity contribution >= 4 is 30.5 Å². The minimum absolute atomic E-state index is 0.0134. The van der Waals surface area contributed by atoms with Gasteiger partial charge in [-0.3, -0.25) is 9.59 Å². The summed E-state index contributed by atoms with van der Waals surface area (Å²) < 4.78 is 5.27. The highest BCUT2D eigenvalue weighted by atomic mass is 32.1. The van der Waals surface area contributed by atoms with E-state index in [1.807, 2.05) is 52.8 Å². The predicted molar refractivity (Wildman–Crippen MR) is 132 cm³/mol. The second kappa shape index (κ2) is 11.7. The maximum atomic E-state index is 13.5. The summed E-state index contributed by atoms with van der Waals surface area (Å²) in [5, 5.41) is 15.2. The number of nitrogens with zero attached hydrogens (tertiary/aromatic N) is 1. The third-order valence-electron chi connectivity index (χ3n) is 4.41. The lowest BCUT2D eigenvalue weighted by Gasteiger charge is -2.35. The smallest absolute Gasteiger partial charge is 0.408 e. The average molecular weight is 482 g/mol. The quantitative estimate of drug-likeness (QED) is 0.427. The van der Waals surface area contributed by atoms with Gasteiger partial charge in [0.05, 0.1) is 6.61 Å². The number of hydrogen-bond acceptors (Lipinski definition) is 6. The van der Waals surface area contributed by atoms with Gasteiger partial charge in [0.25, 0.3) is 0 Å². The van der Waals surface area contributed by atoms with Crippen LogP contribution in [0.15, 0.2) is 18.2 Å². The molecule has 2 atom stereocenters. The topological polar surface area (TPSA) is 108 Å². The number of nitrogens with one attached hydrogen (secondary N) is 2. The van der Waals surface area contributed by atoms with Crippen LogP contribution >= 0.6 is 12.6 Å². The number of alkyl carbamates (subject to hydrolysis) is 1. The van der Waals surface area contributed by atoms with E-state index in [-0.39, 0.29) is 24.8 Å². The fourth-order valence-corrected chi connectivity index (χ4v) is 3.64. The van der Waals surface area contributed by atoms with Crippen LogP contribution < -0.4 is 10.6 Å². The lowest BCUT2D eigenvalue weighted by molar-refractivity contribution is -0.143. The number of aliphatic hydroxyl groups excluding tert-OH is 1. The van der Waals surface area contributed by atoms with Crippen LogP contribution in [0, 0.1) is 13.8 Å². The molecule has 0 aliphatic heterocycles. The Labute approximate surface area is 202 Å². The van der Waals surface area contributed by atoms with E-state index in [1.165, 1.54) is 4.90 Å². The van der Waals surface area contributed by atoms with Crippen molar-refractivity contribution in [1.29, 1.82) is 0 Å². The lowest BCUT2D eigenvalue weighted by atomic mass is 9.97. The SMILES string of the molecule is Cc1cc(C)cc(C(C(=O)NC(C)(C)C)N(CCO)C(=O)C(CS)NC(=O)OC(C)(C)C)c1. The largest absolute Gasteiger partial charge is 0.444 e. The molecular weight excluding hydrogens is 442 g/mol. The molecule has 8 nitrogen and oxygen atoms in total. The van der Waals surface area contributed by atoms with Gasteiger partial charge in [-0.05, 0) is 61.0 Å². The predicted octanol–water partition coefficient (Wildman–Crippen LogP) is 2.90. The number of hydrogen-bond donors (Lipinski definition) is 4. The summed E-state index contributed by atoms with van der Waals surface area (Å²) in [4.78, 5) is 40.5. The van der Waals surface area contributed by atoms with Gasteiger partial charge in [0.15, 0.2) is 0 Å². The van der Waals surface area contributed by atoms with Crippen molar-refractivity contribution in [3.63, 3.8) is 0 Å². The number of benzene rings is 1. The van der Waals surface area contributed by atoms with E-state index < -0.39 is 35.2 Å². The van der Waals surface area contributed by atoms with E-state index in [0.717, 1.165) is 11.1 Å². The normalized spacial score (nSPS) is 13.6. The van der Waals surface area contributed by atoms with Crippen molar-refractivity contribution in [2.75, 3.05) is 18.9 Å². The van der Waals surface area contributed by atoms with Crippen molar-refractivity contribution < 1.29 is 24.2 Å². The molecule has 2 unspecified atom stereocenters. The molecule has 0 saturated heterocycles. The number of ether oxygens (including phenoxy) is 1. The lowest BCUT2D eigenvalue weighted by Crippen LogP contribution is -2.55. The van der Waals surface area contributed by atoms with Crippen LogP contribution in [0.5, 0.6) is 0 Å². The Morgan fingerprint density at radius 3 is 2.03 bits per heavy atom. The van der Waals surface area contributed by atoms with Crippen LogP contribution in [0.1, 0.15) is 64.3 Å². The van der Waals surface area contributed by atoms with Crippen molar-refractivity contribution in [1.82, 2.24) is 15.5 Å². The highest BCUT2D eigenvalue weighted by Gasteiger charge is 2.36. The van der Waals surface area contributed by atoms with Crippen LogP contribution in [0.3, 0.4) is 0 Å². The average Bonchev–Trinajstić information content (AvgIpc) is 2.61. The number of amides is 3. The van der Waals surface area contributed by atoms with Crippen LogP contribution in [-0.4, -0.2) is 64.0 Å². The van der Waals surface area contributed by atoms with E-state index in [1.54, 1.807) is 20.8 Å². The first-order valence-electron chi connectivity index (χ1n) is 11.0. The minimum atomic E-state index is -1.05. The fraction of sp³-hybridized carbons (Fsp3) is 0.625. The zero-order valence-corrected chi connectivity index (χ0v) is 21.9. The third kappa shape index (κ3) is 9.63. The van der Waals surface area contributed by atoms with Crippen LogP contribution in [0.4, 0.5) is 4.79 Å². The van der Waals surface area contributed by atoms with Crippen LogP contribution in [-0.2, 0) is 14.3 Å². The Bertz CT molecular complexity index is 825. The summed E-state index contributed by atoms with van der Waals surface area (Å²) in [7, 11) is 0. The second-order valence-corrected chi connectivity index (χ2v) is 10.6. The van der Waals surface area contributed by atoms with Crippen molar-refractivity contribution in [2.45, 2.75) is 78.6 Å². The van der Waals surface area contributed by atoms with Gasteiger partial charge in [-0.15, -0.1) is 0 Å². The molecule has 0 saturated carbocycles. The number of carbonyl (C=O) groups excluding carboxylic acids is 3. The Morgan fingerprint density at radius 1 is 1.06 bits per heavy atom. The highest BCUT2D eigenvalue weighted by molar-refractivity contribution is 7.80. The number of thiol groups is 1. The number of aryl methyl sites for hydroxylation is 2. The van der Waals surface area contributed by atoms with Gasteiger partial charge in [0.1, 0.15) is 17.7 Å². The fourth-order valence-electron chi connectivity index (χ4n) is 3.39. The molecule has 186 valence electrons. The molecule has 0 bridgehead atoms. The van der Waals surface area contributed by atoms with Crippen molar-refractivity contribution in [3.8, 4) is 0 Å². The molecule has 0 radical (unpaired) electrons. The summed E-state index contributed by atoms with van der Waals surface area (Å²) in [6.07, 6.45) is -0.763. The van der Waals surface area contributed by atoms with Crippen molar-refractivity contribution in [3.05, 3.63) is 34.9 Å². The molecule has 0 spiro atoms. The molecule has 1 aromatic rings. The molecule has 0 aliphatic carbocycles. The van der Waals surface area contributed by atoms with Gasteiger partial charge in [-0.2, -0.15) is 12.6 Å². The molecule has 1 rings (SSSR count). The molecule has 0 fully saturated rings. The summed E-state index contributed by atoms with van der Waals surface area (Å²) in [5.74, 6) is -0.942. The zero-order chi connectivity index (χ0) is 25.6. The summed E-state index contributed by atoms with van der Waals surface area (Å²) in [5.41, 5.74) is 1.21. The van der Waals surface area contributed by atoms with E-state index in [9.17, 15) is 19.5 Å². The molecule has 3 N–H and O–H groups in total. The molecular formula is C24H39N3O5S. The standard InChI is InChI=1S/C24H39N3O5S/c1-15-11-16(2)13-17(12-15)19(20(29)26-23(3,4)5)27(9-10-28)21(30)18(14-33)25-22(31)32-24(6,7)8/h11-13,18-19,28,33H,9-10,14H2,1-8H3,(H,25,31)(H,26,29). The Balaban J connectivity index is 3.42. The van der Waals surface area contributed by atoms with E-state index in [2.05, 4.69) is 23.3 Å². The Morgan fingerprint density at radius 2 is 1.61 bits per heavy atom. The van der Waals surface area contributed by atoms with Gasteiger partial charge in [-0.25, -0.2) is 4.79 Å². The molecule has 9 heteroatoms. The van der Waals surface area contributed by atoms with E-state index in [0.29, 0.717) is 5.56 Å². The van der Waals surface area contributed by atoms with E-state index >= 15 is 0 Å². The number of aliphatic hydroxyl groups is 1. The summed E-state index contributed by atoms with van der Waals surface area (Å²) in [6, 6.07) is 3.60. The minimum Gasteiger partial charge on any atom is -0.444 e. The Hall–Kier alpha value is -2.26. The maximum Gasteiger partial charge on any atom is 0.408 e. The highest BCUT2D eigenvalue weighted by Crippen LogP contribution is 2.25. The summed E-state index contributed by atoms with van der Waals surface area (Å²) in [6.45, 7) is 14.1. The number of rotatable bonds is 8. The van der Waals surface area contributed by atoms with E-state index in [4.69, 9.17) is 4.74 Å². The van der Waals surface area contributed by atoms with Gasteiger partial charge >= 0.3 is 6.09 Å². The molecule has 0 aromatic heterocycles. The van der Waals surface area contributed by atoms with Crippen LogP contribution in [0.25, 0.3) is 0 Å². The first kappa shape index (κ1) is 28.8. The van der Waals surface area contributed by atoms with Gasteiger partial charge in [-0.1, -0.05) is 29.3 Å². The first-order chi connectivity index (χ1) is 15.1. The van der Waals surface area contributed by atoms with Crippen LogP contribution in [0.2, 0.25) is 0 Å². The zero-order valence-electron chi connectivity index (χ0n) is 21.0. The Kier molecular flexibility index (Phi) is 10.2. The molecule has 0 aliphatic rings. The third-order valence-corrected chi connectivity index (χ3v) is 4.78. The van der Waals surface area contributed by atoms with Gasteiger partial charge in [0, 0.05) is 17.8 Å². The van der Waals surface area contributed by atoms with Crippen molar-refractivity contribution in [2.24, 2.45) is 0 Å². The second-order valence-electron chi connectivity index (χ2n) is 10.2. The molecule has 33 heavy (non-hydrogen) atoms. The van der Waals surface area contributed by atoms with Gasteiger partial charge in [0.2, 0.25) is 11.8 Å². The molecule has 3 amide bonds.